The number of H-pyrrole nitrogens is 1. The fourth-order valence-electron chi connectivity index (χ4n) is 1.19. The summed E-state index contributed by atoms with van der Waals surface area (Å²) >= 11 is 4.60. The molecule has 2 rings (SSSR count). The smallest absolute Gasteiger partial charge is 0.184 e. The van der Waals surface area contributed by atoms with Crippen LogP contribution in [-0.4, -0.2) is 21.3 Å². The van der Waals surface area contributed by atoms with Crippen LogP contribution in [0.3, 0.4) is 0 Å². The van der Waals surface area contributed by atoms with Gasteiger partial charge in [-0.1, -0.05) is 12.1 Å². The number of nitrogens with one attached hydrogen (secondary N) is 2. The van der Waals surface area contributed by atoms with E-state index in [0.717, 1.165) is 11.0 Å². The van der Waals surface area contributed by atoms with Gasteiger partial charge in [-0.25, -0.2) is 4.98 Å². The molecule has 1 heterocycles. The van der Waals surface area contributed by atoms with E-state index in [-0.39, 0.29) is 5.11 Å². The Labute approximate surface area is 91.4 Å². The lowest BCUT2D eigenvalue weighted by Gasteiger charge is -1.91. The Morgan fingerprint density at radius 2 is 2.33 bits per heavy atom. The molecule has 2 aromatic rings. The molecule has 0 bridgehead atoms. The van der Waals surface area contributed by atoms with E-state index in [1.165, 1.54) is 6.21 Å². The summed E-state index contributed by atoms with van der Waals surface area (Å²) in [5.74, 6) is 0.653. The van der Waals surface area contributed by atoms with E-state index < -0.39 is 0 Å². The van der Waals surface area contributed by atoms with Crippen LogP contribution in [0.2, 0.25) is 0 Å². The molecule has 0 radical (unpaired) electrons. The van der Waals surface area contributed by atoms with Gasteiger partial charge in [0.25, 0.3) is 0 Å². The molecule has 5 nitrogen and oxygen atoms in total. The summed E-state index contributed by atoms with van der Waals surface area (Å²) in [5.41, 5.74) is 9.53. The lowest BCUT2D eigenvalue weighted by atomic mass is 10.3. The second-order valence-corrected chi connectivity index (χ2v) is 3.31. The minimum absolute atomic E-state index is 0.127. The van der Waals surface area contributed by atoms with Crippen molar-refractivity contribution in [3.05, 3.63) is 30.1 Å². The van der Waals surface area contributed by atoms with E-state index in [1.54, 1.807) is 0 Å². The summed E-state index contributed by atoms with van der Waals surface area (Å²) in [5, 5.41) is 3.93. The van der Waals surface area contributed by atoms with Gasteiger partial charge in [-0.2, -0.15) is 5.10 Å². The van der Waals surface area contributed by atoms with Crippen molar-refractivity contribution >= 4 is 34.6 Å². The fraction of sp³-hybridized carbons (Fsp3) is 0. The van der Waals surface area contributed by atoms with Crippen LogP contribution in [0.5, 0.6) is 0 Å². The van der Waals surface area contributed by atoms with Gasteiger partial charge in [0, 0.05) is 0 Å². The first-order valence-corrected chi connectivity index (χ1v) is 4.70. The Bertz CT molecular complexity index is 483. The number of hydrazone groups is 1. The molecule has 4 N–H and O–H groups in total. The summed E-state index contributed by atoms with van der Waals surface area (Å²) < 4.78 is 0. The zero-order valence-electron chi connectivity index (χ0n) is 7.77. The predicted octanol–water partition coefficient (Wildman–Crippen LogP) is 0.730. The molecule has 76 valence electrons. The normalized spacial score (nSPS) is 10.9. The number of aromatic nitrogens is 2. The molecule has 0 aliphatic carbocycles. The molecule has 15 heavy (non-hydrogen) atoms. The minimum Gasteiger partial charge on any atom is -0.375 e. The zero-order valence-corrected chi connectivity index (χ0v) is 8.58. The lowest BCUT2D eigenvalue weighted by Crippen LogP contribution is -2.24. The Morgan fingerprint density at radius 1 is 1.53 bits per heavy atom. The van der Waals surface area contributed by atoms with Crippen molar-refractivity contribution in [2.75, 3.05) is 0 Å². The lowest BCUT2D eigenvalue weighted by molar-refractivity contribution is 1.04. The van der Waals surface area contributed by atoms with Crippen LogP contribution >= 0.6 is 12.2 Å². The number of para-hydroxylation sites is 2. The van der Waals surface area contributed by atoms with Crippen LogP contribution in [0.1, 0.15) is 5.82 Å². The number of benzene rings is 1. The van der Waals surface area contributed by atoms with Crippen molar-refractivity contribution in [2.24, 2.45) is 10.8 Å². The SMILES string of the molecule is NC(=S)N/N=C/c1nc2ccccc2[nH]1. The molecule has 0 aliphatic rings. The number of nitrogens with zero attached hydrogens (tertiary/aromatic N) is 2. The predicted molar refractivity (Wildman–Crippen MR) is 63.6 cm³/mol. The number of hydrogen-bond donors (Lipinski definition) is 3. The average molecular weight is 219 g/mol. The molecule has 0 fully saturated rings. The summed E-state index contributed by atoms with van der Waals surface area (Å²) in [6.07, 6.45) is 1.53. The van der Waals surface area contributed by atoms with Gasteiger partial charge in [0.1, 0.15) is 0 Å². The number of imidazole rings is 1. The largest absolute Gasteiger partial charge is 0.375 e. The quantitative estimate of drug-likeness (QED) is 0.395. The first-order chi connectivity index (χ1) is 7.25. The van der Waals surface area contributed by atoms with E-state index in [0.29, 0.717) is 5.82 Å². The number of thiocarbonyl (C=S) groups is 1. The van der Waals surface area contributed by atoms with E-state index in [1.807, 2.05) is 24.3 Å². The van der Waals surface area contributed by atoms with Crippen LogP contribution in [-0.2, 0) is 0 Å². The summed E-state index contributed by atoms with van der Waals surface area (Å²) in [6.45, 7) is 0. The molecule has 0 amide bonds. The van der Waals surface area contributed by atoms with E-state index in [9.17, 15) is 0 Å². The molecule has 0 saturated heterocycles. The highest BCUT2D eigenvalue weighted by molar-refractivity contribution is 7.80. The van der Waals surface area contributed by atoms with Gasteiger partial charge in [-0.15, -0.1) is 0 Å². The fourth-order valence-corrected chi connectivity index (χ4v) is 1.24. The number of rotatable bonds is 2. The Balaban J connectivity index is 2.22. The summed E-state index contributed by atoms with van der Waals surface area (Å²) in [6, 6.07) is 7.73. The van der Waals surface area contributed by atoms with Crippen molar-refractivity contribution in [3.63, 3.8) is 0 Å². The van der Waals surface area contributed by atoms with Gasteiger partial charge in [0.15, 0.2) is 10.9 Å². The van der Waals surface area contributed by atoms with Crippen molar-refractivity contribution in [2.45, 2.75) is 0 Å². The van der Waals surface area contributed by atoms with Crippen LogP contribution in [0.15, 0.2) is 29.4 Å². The highest BCUT2D eigenvalue weighted by atomic mass is 32.1. The monoisotopic (exact) mass is 219 g/mol. The summed E-state index contributed by atoms with van der Waals surface area (Å²) in [7, 11) is 0. The summed E-state index contributed by atoms with van der Waals surface area (Å²) in [4.78, 5) is 7.37. The van der Waals surface area contributed by atoms with Crippen molar-refractivity contribution in [1.29, 1.82) is 0 Å². The third kappa shape index (κ3) is 2.29. The van der Waals surface area contributed by atoms with E-state index in [4.69, 9.17) is 5.73 Å². The van der Waals surface area contributed by atoms with Crippen molar-refractivity contribution < 1.29 is 0 Å². The highest BCUT2D eigenvalue weighted by Gasteiger charge is 1.97. The molecule has 1 aromatic heterocycles. The van der Waals surface area contributed by atoms with Gasteiger partial charge in [-0.3, -0.25) is 5.43 Å². The van der Waals surface area contributed by atoms with Crippen molar-refractivity contribution in [3.8, 4) is 0 Å². The zero-order chi connectivity index (χ0) is 10.7. The average Bonchev–Trinajstić information content (AvgIpc) is 2.59. The van der Waals surface area contributed by atoms with Gasteiger partial charge in [-0.05, 0) is 24.4 Å². The van der Waals surface area contributed by atoms with Crippen molar-refractivity contribution in [1.82, 2.24) is 15.4 Å². The van der Waals surface area contributed by atoms with Crippen LogP contribution in [0.25, 0.3) is 11.0 Å². The number of aromatic amines is 1. The molecule has 0 aliphatic heterocycles. The molecule has 1 aromatic carbocycles. The second kappa shape index (κ2) is 4.05. The highest BCUT2D eigenvalue weighted by Crippen LogP contribution is 2.08. The standard InChI is InChI=1S/C9H9N5S/c10-9(15)14-11-5-8-12-6-3-1-2-4-7(6)13-8/h1-5H,(H,12,13)(H3,10,14,15)/b11-5+. The maximum Gasteiger partial charge on any atom is 0.184 e. The Morgan fingerprint density at radius 3 is 3.07 bits per heavy atom. The van der Waals surface area contributed by atoms with Crippen LogP contribution < -0.4 is 11.2 Å². The topological polar surface area (TPSA) is 79.1 Å². The second-order valence-electron chi connectivity index (χ2n) is 2.87. The molecular formula is C9H9N5S. The van der Waals surface area contributed by atoms with Crippen LogP contribution in [0.4, 0.5) is 0 Å². The van der Waals surface area contributed by atoms with Gasteiger partial charge in [0.2, 0.25) is 0 Å². The Hall–Kier alpha value is -1.95. The molecule has 6 heteroatoms. The molecule has 0 unspecified atom stereocenters. The molecule has 0 atom stereocenters. The van der Waals surface area contributed by atoms with E-state index >= 15 is 0 Å². The van der Waals surface area contributed by atoms with Gasteiger partial charge in [0.05, 0.1) is 17.2 Å². The first-order valence-electron chi connectivity index (χ1n) is 4.29. The third-order valence-electron chi connectivity index (χ3n) is 1.77. The van der Waals surface area contributed by atoms with Crippen LogP contribution in [0, 0.1) is 0 Å². The van der Waals surface area contributed by atoms with E-state index in [2.05, 4.69) is 32.7 Å². The maximum atomic E-state index is 5.21. The number of fused-ring (bicyclic) bond motifs is 1. The Kier molecular flexibility index (Phi) is 2.59. The minimum atomic E-state index is 0.127. The maximum absolute atomic E-state index is 5.21. The molecular weight excluding hydrogens is 210 g/mol. The number of hydrogen-bond acceptors (Lipinski definition) is 3. The van der Waals surface area contributed by atoms with Gasteiger partial charge < -0.3 is 10.7 Å². The number of nitrogens with two attached hydrogens (primary N) is 1. The first kappa shape index (κ1) is 9.60. The third-order valence-corrected chi connectivity index (χ3v) is 1.86. The molecule has 0 saturated carbocycles. The van der Waals surface area contributed by atoms with Gasteiger partial charge >= 0.3 is 0 Å². The molecule has 0 spiro atoms.